The first-order valence-electron chi connectivity index (χ1n) is 2.87. The average molecular weight is 234 g/mol. The van der Waals surface area contributed by atoms with E-state index < -0.39 is 11.6 Å². The first-order valence-corrected chi connectivity index (χ1v) is 3.67. The molecule has 0 N–H and O–H groups in total. The van der Waals surface area contributed by atoms with Crippen LogP contribution < -0.4 is 0 Å². The van der Waals surface area contributed by atoms with Crippen molar-refractivity contribution in [1.82, 2.24) is 0 Å². The molecule has 62 valence electrons. The van der Waals surface area contributed by atoms with Crippen molar-refractivity contribution >= 4 is 27.7 Å². The lowest BCUT2D eigenvalue weighted by Crippen LogP contribution is -1.81. The van der Waals surface area contributed by atoms with E-state index >= 15 is 0 Å². The highest BCUT2D eigenvalue weighted by Gasteiger charge is 2.06. The van der Waals surface area contributed by atoms with Crippen LogP contribution in [0.2, 0.25) is 0 Å². The minimum atomic E-state index is -0.772. The van der Waals surface area contributed by atoms with Crippen LogP contribution in [0.5, 0.6) is 0 Å². The highest BCUT2D eigenvalue weighted by Crippen LogP contribution is 2.24. The van der Waals surface area contributed by atoms with Crippen molar-refractivity contribution in [1.29, 1.82) is 0 Å². The Kier molecular flexibility index (Phi) is 2.68. The largest absolute Gasteiger partial charge is 0.240 e. The van der Waals surface area contributed by atoms with Gasteiger partial charge in [0, 0.05) is 6.07 Å². The summed E-state index contributed by atoms with van der Waals surface area (Å²) in [5.74, 6) is -1.45. The van der Waals surface area contributed by atoms with Gasteiger partial charge in [0.05, 0.1) is 4.47 Å². The molecule has 0 aromatic heterocycles. The molecule has 0 heterocycles. The van der Waals surface area contributed by atoms with E-state index in [1.807, 2.05) is 0 Å². The van der Waals surface area contributed by atoms with Gasteiger partial charge in [-0.3, -0.25) is 0 Å². The smallest absolute Gasteiger partial charge is 0.211 e. The summed E-state index contributed by atoms with van der Waals surface area (Å²) in [6.45, 7) is 0. The zero-order chi connectivity index (χ0) is 9.14. The Labute approximate surface area is 75.1 Å². The molecule has 0 radical (unpaired) electrons. The Morgan fingerprint density at radius 2 is 2.00 bits per heavy atom. The fraction of sp³-hybridized carbons (Fsp3) is 0. The van der Waals surface area contributed by atoms with Crippen LogP contribution in [0.3, 0.4) is 0 Å². The van der Waals surface area contributed by atoms with E-state index in [1.54, 1.807) is 0 Å². The predicted octanol–water partition coefficient (Wildman–Crippen LogP) is 2.69. The van der Waals surface area contributed by atoms with Gasteiger partial charge in [0.15, 0.2) is 5.82 Å². The molecule has 12 heavy (non-hydrogen) atoms. The molecule has 0 saturated heterocycles. The second kappa shape index (κ2) is 3.56. The van der Waals surface area contributed by atoms with Crippen molar-refractivity contribution in [3.63, 3.8) is 0 Å². The molecule has 5 heteroatoms. The highest BCUT2D eigenvalue weighted by atomic mass is 79.9. The zero-order valence-corrected chi connectivity index (χ0v) is 7.23. The van der Waals surface area contributed by atoms with Gasteiger partial charge in [-0.05, 0) is 22.0 Å². The molecule has 0 atom stereocenters. The second-order valence-electron chi connectivity index (χ2n) is 1.92. The Bertz CT molecular complexity index is 361. The van der Waals surface area contributed by atoms with Crippen LogP contribution in [0, 0.1) is 11.6 Å². The maximum atomic E-state index is 12.7. The van der Waals surface area contributed by atoms with Crippen LogP contribution in [0.25, 0.3) is 0 Å². The molecule has 0 bridgehead atoms. The van der Waals surface area contributed by atoms with Crippen molar-refractivity contribution in [3.05, 3.63) is 28.2 Å². The fourth-order valence-corrected chi connectivity index (χ4v) is 0.962. The van der Waals surface area contributed by atoms with E-state index in [0.29, 0.717) is 0 Å². The Balaban J connectivity index is 3.32. The van der Waals surface area contributed by atoms with E-state index in [0.717, 1.165) is 18.2 Å². The third-order valence-corrected chi connectivity index (χ3v) is 1.76. The van der Waals surface area contributed by atoms with Crippen molar-refractivity contribution in [2.24, 2.45) is 4.99 Å². The molecular formula is C7H2BrF2NO. The molecule has 0 unspecified atom stereocenters. The molecule has 0 amide bonds. The Morgan fingerprint density at radius 1 is 1.33 bits per heavy atom. The summed E-state index contributed by atoms with van der Waals surface area (Å²) < 4.78 is 25.4. The number of carbonyl (C=O) groups excluding carboxylic acids is 1. The Hall–Kier alpha value is -1.06. The number of rotatable bonds is 1. The first-order chi connectivity index (χ1) is 5.65. The van der Waals surface area contributed by atoms with Crippen LogP contribution in [0.15, 0.2) is 21.6 Å². The fourth-order valence-electron chi connectivity index (χ4n) is 0.647. The normalized spacial score (nSPS) is 9.25. The lowest BCUT2D eigenvalue weighted by atomic mass is 10.3. The van der Waals surface area contributed by atoms with Gasteiger partial charge in [0.25, 0.3) is 0 Å². The summed E-state index contributed by atoms with van der Waals surface area (Å²) in [7, 11) is 0. The van der Waals surface area contributed by atoms with Gasteiger partial charge in [-0.2, -0.15) is 4.99 Å². The van der Waals surface area contributed by atoms with Crippen LogP contribution in [-0.4, -0.2) is 6.08 Å². The zero-order valence-electron chi connectivity index (χ0n) is 5.64. The molecule has 0 aliphatic heterocycles. The van der Waals surface area contributed by atoms with Crippen molar-refractivity contribution in [2.75, 3.05) is 0 Å². The van der Waals surface area contributed by atoms with Gasteiger partial charge in [-0.15, -0.1) is 0 Å². The quantitative estimate of drug-likeness (QED) is 0.417. The maximum Gasteiger partial charge on any atom is 0.240 e. The van der Waals surface area contributed by atoms with Crippen molar-refractivity contribution in [3.8, 4) is 0 Å². The lowest BCUT2D eigenvalue weighted by Gasteiger charge is -1.96. The van der Waals surface area contributed by atoms with Gasteiger partial charge >= 0.3 is 0 Å². The minimum absolute atomic E-state index is 0.00940. The first kappa shape index (κ1) is 9.03. The SMILES string of the molecule is O=C=Nc1cc(F)c(Br)cc1F. The van der Waals surface area contributed by atoms with Crippen LogP contribution in [-0.2, 0) is 4.79 Å². The van der Waals surface area contributed by atoms with E-state index in [4.69, 9.17) is 0 Å². The summed E-state index contributed by atoms with van der Waals surface area (Å²) >= 11 is 2.78. The molecule has 1 rings (SSSR count). The molecule has 0 aliphatic rings. The van der Waals surface area contributed by atoms with Gasteiger partial charge in [-0.25, -0.2) is 13.6 Å². The second-order valence-corrected chi connectivity index (χ2v) is 2.78. The number of aliphatic imine (C=N–C) groups is 1. The topological polar surface area (TPSA) is 29.4 Å². The van der Waals surface area contributed by atoms with Crippen LogP contribution in [0.4, 0.5) is 14.5 Å². The summed E-state index contributed by atoms with van der Waals surface area (Å²) in [6.07, 6.45) is 1.12. The maximum absolute atomic E-state index is 12.7. The number of halogens is 3. The predicted molar refractivity (Wildman–Crippen MR) is 41.8 cm³/mol. The third kappa shape index (κ3) is 1.75. The molecule has 0 saturated carbocycles. The van der Waals surface area contributed by atoms with Gasteiger partial charge in [-0.1, -0.05) is 0 Å². The molecule has 0 fully saturated rings. The molecule has 1 aromatic carbocycles. The summed E-state index contributed by atoms with van der Waals surface area (Å²) in [4.78, 5) is 12.7. The van der Waals surface area contributed by atoms with Crippen molar-refractivity contribution in [2.45, 2.75) is 0 Å². The number of isocyanates is 1. The molecular weight excluding hydrogens is 232 g/mol. The van der Waals surface area contributed by atoms with Crippen LogP contribution in [0.1, 0.15) is 0 Å². The third-order valence-electron chi connectivity index (χ3n) is 1.16. The molecule has 0 aliphatic carbocycles. The number of benzene rings is 1. The lowest BCUT2D eigenvalue weighted by molar-refractivity contribution is 0.563. The number of hydrogen-bond donors (Lipinski definition) is 0. The Morgan fingerprint density at radius 3 is 2.58 bits per heavy atom. The standard InChI is InChI=1S/C7H2BrF2NO/c8-4-1-6(10)7(11-3-12)2-5(4)9/h1-2H. The van der Waals surface area contributed by atoms with Gasteiger partial charge < -0.3 is 0 Å². The minimum Gasteiger partial charge on any atom is -0.211 e. The molecule has 0 spiro atoms. The molecule has 2 nitrogen and oxygen atoms in total. The van der Waals surface area contributed by atoms with E-state index in [1.165, 1.54) is 0 Å². The van der Waals surface area contributed by atoms with E-state index in [9.17, 15) is 13.6 Å². The summed E-state index contributed by atoms with van der Waals surface area (Å²) in [5, 5.41) is 0. The highest BCUT2D eigenvalue weighted by molar-refractivity contribution is 9.10. The number of nitrogens with zero attached hydrogens (tertiary/aromatic N) is 1. The molecule has 1 aromatic rings. The van der Waals surface area contributed by atoms with E-state index in [-0.39, 0.29) is 10.2 Å². The summed E-state index contributed by atoms with van der Waals surface area (Å²) in [6, 6.07) is 1.70. The van der Waals surface area contributed by atoms with E-state index in [2.05, 4.69) is 20.9 Å². The number of hydrogen-bond acceptors (Lipinski definition) is 2. The summed E-state index contributed by atoms with van der Waals surface area (Å²) in [5.41, 5.74) is -0.356. The van der Waals surface area contributed by atoms with Crippen molar-refractivity contribution < 1.29 is 13.6 Å². The van der Waals surface area contributed by atoms with Gasteiger partial charge in [0.2, 0.25) is 6.08 Å². The average Bonchev–Trinajstić information content (AvgIpc) is 2.01. The monoisotopic (exact) mass is 233 g/mol. The van der Waals surface area contributed by atoms with Crippen LogP contribution >= 0.6 is 15.9 Å². The van der Waals surface area contributed by atoms with Gasteiger partial charge in [0.1, 0.15) is 11.5 Å².